The highest BCUT2D eigenvalue weighted by atomic mass is 16.5. The summed E-state index contributed by atoms with van der Waals surface area (Å²) in [5.41, 5.74) is 3.10. The molecule has 0 saturated carbocycles. The van der Waals surface area contributed by atoms with Crippen LogP contribution in [0.5, 0.6) is 17.2 Å². The minimum atomic E-state index is -0.419. The van der Waals surface area contributed by atoms with Crippen LogP contribution in [0.3, 0.4) is 0 Å². The molecule has 0 spiro atoms. The van der Waals surface area contributed by atoms with Crippen molar-refractivity contribution in [2.45, 2.75) is 32.8 Å². The van der Waals surface area contributed by atoms with Gasteiger partial charge < -0.3 is 14.9 Å². The first-order chi connectivity index (χ1) is 11.5. The number of hydrogen-bond donors (Lipinski definition) is 2. The number of phenolic OH excluding ortho intramolecular Hbond substituents is 2. The van der Waals surface area contributed by atoms with Gasteiger partial charge in [0.25, 0.3) is 0 Å². The summed E-state index contributed by atoms with van der Waals surface area (Å²) in [5.74, 6) is 0.753. The van der Waals surface area contributed by atoms with Crippen molar-refractivity contribution in [2.24, 2.45) is 0 Å². The molecule has 1 atom stereocenters. The van der Waals surface area contributed by atoms with Crippen LogP contribution in [0.1, 0.15) is 47.9 Å². The van der Waals surface area contributed by atoms with Gasteiger partial charge in [0.05, 0.1) is 12.0 Å². The Morgan fingerprint density at radius 3 is 2.54 bits per heavy atom. The number of rotatable bonds is 3. The predicted molar refractivity (Wildman–Crippen MR) is 91.7 cm³/mol. The zero-order chi connectivity index (χ0) is 17.3. The molecule has 0 aliphatic carbocycles. The van der Waals surface area contributed by atoms with Crippen molar-refractivity contribution in [2.75, 3.05) is 0 Å². The van der Waals surface area contributed by atoms with E-state index in [0.29, 0.717) is 23.3 Å². The third kappa shape index (κ3) is 3.13. The third-order valence-corrected chi connectivity index (χ3v) is 4.15. The zero-order valence-corrected chi connectivity index (χ0v) is 13.7. The fraction of sp³-hybridized carbons (Fsp3) is 0.250. The van der Waals surface area contributed by atoms with Gasteiger partial charge in [-0.15, -0.1) is 0 Å². The number of allylic oxidation sites excluding steroid dienone is 2. The van der Waals surface area contributed by atoms with Gasteiger partial charge in [-0.25, -0.2) is 0 Å². The fourth-order valence-electron chi connectivity index (χ4n) is 2.81. The van der Waals surface area contributed by atoms with Crippen molar-refractivity contribution >= 4 is 5.78 Å². The highest BCUT2D eigenvalue weighted by Gasteiger charge is 2.30. The van der Waals surface area contributed by atoms with Crippen LogP contribution in [-0.4, -0.2) is 16.0 Å². The average molecular weight is 324 g/mol. The highest BCUT2D eigenvalue weighted by Crippen LogP contribution is 2.41. The number of benzene rings is 2. The molecule has 2 aromatic rings. The lowest BCUT2D eigenvalue weighted by Gasteiger charge is -2.27. The molecule has 24 heavy (non-hydrogen) atoms. The largest absolute Gasteiger partial charge is 0.508 e. The molecule has 2 aromatic carbocycles. The summed E-state index contributed by atoms with van der Waals surface area (Å²) in [4.78, 5) is 12.5. The quantitative estimate of drug-likeness (QED) is 0.826. The Kier molecular flexibility index (Phi) is 4.30. The number of hydrogen-bond acceptors (Lipinski definition) is 4. The van der Waals surface area contributed by atoms with E-state index < -0.39 is 6.10 Å². The van der Waals surface area contributed by atoms with Crippen LogP contribution >= 0.6 is 0 Å². The van der Waals surface area contributed by atoms with E-state index in [9.17, 15) is 15.0 Å². The number of fused-ring (bicyclic) bond motifs is 1. The van der Waals surface area contributed by atoms with E-state index in [1.165, 1.54) is 0 Å². The lowest BCUT2D eigenvalue weighted by molar-refractivity contribution is 0.0847. The monoisotopic (exact) mass is 324 g/mol. The van der Waals surface area contributed by atoms with Gasteiger partial charge in [-0.2, -0.15) is 0 Å². The Balaban J connectivity index is 2.01. The summed E-state index contributed by atoms with van der Waals surface area (Å²) in [6.07, 6.45) is 2.32. The van der Waals surface area contributed by atoms with E-state index >= 15 is 0 Å². The number of ketones is 1. The molecular formula is C20H20O4. The van der Waals surface area contributed by atoms with Crippen molar-refractivity contribution in [1.29, 1.82) is 0 Å². The smallest absolute Gasteiger partial charge is 0.170 e. The molecule has 1 aliphatic rings. The van der Waals surface area contributed by atoms with Gasteiger partial charge >= 0.3 is 0 Å². The maximum Gasteiger partial charge on any atom is 0.170 e. The second kappa shape index (κ2) is 6.40. The van der Waals surface area contributed by atoms with E-state index in [4.69, 9.17) is 4.74 Å². The van der Waals surface area contributed by atoms with Crippen molar-refractivity contribution in [3.63, 3.8) is 0 Å². The van der Waals surface area contributed by atoms with Gasteiger partial charge in [-0.3, -0.25) is 4.79 Å². The van der Waals surface area contributed by atoms with Crippen LogP contribution < -0.4 is 4.74 Å². The molecule has 0 unspecified atom stereocenters. The van der Waals surface area contributed by atoms with Gasteiger partial charge in [-0.1, -0.05) is 23.8 Å². The first kappa shape index (κ1) is 16.1. The van der Waals surface area contributed by atoms with Gasteiger partial charge in [-0.05, 0) is 50.1 Å². The Morgan fingerprint density at radius 2 is 1.88 bits per heavy atom. The zero-order valence-electron chi connectivity index (χ0n) is 13.7. The standard InChI is InChI=1S/C20H20O4/c1-12(2)3-8-15-17(22)10-9-16-18(23)11-19(24-20(15)16)13-4-6-14(21)7-5-13/h3-7,9-10,19,21-22H,8,11H2,1-2H3/t19-/m1/s1. The van der Waals surface area contributed by atoms with Crippen LogP contribution in [0.15, 0.2) is 48.0 Å². The highest BCUT2D eigenvalue weighted by molar-refractivity contribution is 6.00. The van der Waals surface area contributed by atoms with Crippen LogP contribution in [0.2, 0.25) is 0 Å². The minimum absolute atomic E-state index is 0.00669. The molecule has 1 aliphatic heterocycles. The molecular weight excluding hydrogens is 304 g/mol. The van der Waals surface area contributed by atoms with Crippen molar-refractivity contribution in [1.82, 2.24) is 0 Å². The normalized spacial score (nSPS) is 16.2. The van der Waals surface area contributed by atoms with Gasteiger partial charge in [0.15, 0.2) is 5.78 Å². The molecule has 1 heterocycles. The fourth-order valence-corrected chi connectivity index (χ4v) is 2.81. The number of carbonyl (C=O) groups excluding carboxylic acids is 1. The third-order valence-electron chi connectivity index (χ3n) is 4.15. The number of carbonyl (C=O) groups is 1. The summed E-state index contributed by atoms with van der Waals surface area (Å²) in [6, 6.07) is 9.81. The Labute approximate surface area is 141 Å². The molecule has 0 aromatic heterocycles. The molecule has 4 heteroatoms. The number of aromatic hydroxyl groups is 2. The van der Waals surface area contributed by atoms with Crippen molar-refractivity contribution in [3.8, 4) is 17.2 Å². The van der Waals surface area contributed by atoms with Crippen LogP contribution in [0.4, 0.5) is 0 Å². The van der Waals surface area contributed by atoms with Crippen LogP contribution in [0.25, 0.3) is 0 Å². The van der Waals surface area contributed by atoms with E-state index in [1.54, 1.807) is 36.4 Å². The van der Waals surface area contributed by atoms with E-state index in [1.807, 2.05) is 19.9 Å². The average Bonchev–Trinajstić information content (AvgIpc) is 2.54. The predicted octanol–water partition coefficient (Wildman–Crippen LogP) is 4.31. The van der Waals surface area contributed by atoms with Crippen LogP contribution in [0, 0.1) is 0 Å². The second-order valence-electron chi connectivity index (χ2n) is 6.25. The molecule has 0 fully saturated rings. The maximum absolute atomic E-state index is 12.5. The Bertz CT molecular complexity index is 799. The molecule has 0 saturated heterocycles. The Morgan fingerprint density at radius 1 is 1.17 bits per heavy atom. The summed E-state index contributed by atoms with van der Waals surface area (Å²) < 4.78 is 6.08. The van der Waals surface area contributed by atoms with Gasteiger partial charge in [0.2, 0.25) is 0 Å². The summed E-state index contributed by atoms with van der Waals surface area (Å²) in [7, 11) is 0. The molecule has 0 amide bonds. The molecule has 3 rings (SSSR count). The molecule has 124 valence electrons. The first-order valence-electron chi connectivity index (χ1n) is 7.92. The summed E-state index contributed by atoms with van der Waals surface area (Å²) in [5, 5.41) is 19.6. The summed E-state index contributed by atoms with van der Waals surface area (Å²) in [6.45, 7) is 3.97. The lowest BCUT2D eigenvalue weighted by atomic mass is 9.93. The Hall–Kier alpha value is -2.75. The topological polar surface area (TPSA) is 66.8 Å². The van der Waals surface area contributed by atoms with Gasteiger partial charge in [0.1, 0.15) is 23.4 Å². The van der Waals surface area contributed by atoms with Gasteiger partial charge in [0, 0.05) is 5.56 Å². The lowest BCUT2D eigenvalue weighted by Crippen LogP contribution is -2.21. The second-order valence-corrected chi connectivity index (χ2v) is 6.25. The first-order valence-corrected chi connectivity index (χ1v) is 7.92. The minimum Gasteiger partial charge on any atom is -0.508 e. The van der Waals surface area contributed by atoms with Crippen LogP contribution in [-0.2, 0) is 6.42 Å². The number of phenols is 2. The van der Waals surface area contributed by atoms with E-state index in [-0.39, 0.29) is 23.7 Å². The SMILES string of the molecule is CC(C)=CCc1c(O)ccc2c1O[C@@H](c1ccc(O)cc1)CC2=O. The van der Waals surface area contributed by atoms with E-state index in [0.717, 1.165) is 11.1 Å². The van der Waals surface area contributed by atoms with E-state index in [2.05, 4.69) is 0 Å². The summed E-state index contributed by atoms with van der Waals surface area (Å²) >= 11 is 0. The van der Waals surface area contributed by atoms with Crippen molar-refractivity contribution < 1.29 is 19.7 Å². The molecule has 2 N–H and O–H groups in total. The molecule has 0 bridgehead atoms. The maximum atomic E-state index is 12.5. The van der Waals surface area contributed by atoms with Crippen molar-refractivity contribution in [3.05, 3.63) is 64.7 Å². The molecule has 4 nitrogen and oxygen atoms in total. The molecule has 0 radical (unpaired) electrons. The number of Topliss-reactive ketones (excluding diaryl/α,β-unsaturated/α-hetero) is 1. The number of ether oxygens (including phenoxy) is 1.